The van der Waals surface area contributed by atoms with Crippen LogP contribution in [-0.4, -0.2) is 10.9 Å². The summed E-state index contributed by atoms with van der Waals surface area (Å²) >= 11 is 0. The van der Waals surface area contributed by atoms with Gasteiger partial charge in [0, 0.05) is 23.3 Å². The number of rotatable bonds is 4. The second kappa shape index (κ2) is 7.49. The minimum Gasteiger partial charge on any atom is -0.355 e. The van der Waals surface area contributed by atoms with Gasteiger partial charge in [0.1, 0.15) is 5.69 Å². The van der Waals surface area contributed by atoms with Crippen molar-refractivity contribution in [1.82, 2.24) is 4.98 Å². The molecule has 1 amide bonds. The van der Waals surface area contributed by atoms with E-state index < -0.39 is 11.7 Å². The van der Waals surface area contributed by atoms with Crippen molar-refractivity contribution in [3.8, 4) is 0 Å². The second-order valence-corrected chi connectivity index (χ2v) is 5.95. The van der Waals surface area contributed by atoms with Crippen LogP contribution in [0.4, 0.5) is 30.2 Å². The van der Waals surface area contributed by atoms with Gasteiger partial charge >= 0.3 is 6.18 Å². The molecule has 1 heterocycles. The predicted octanol–water partition coefficient (Wildman–Crippen LogP) is 5.40. The zero-order valence-corrected chi connectivity index (χ0v) is 14.3. The van der Waals surface area contributed by atoms with Gasteiger partial charge in [-0.25, -0.2) is 0 Å². The summed E-state index contributed by atoms with van der Waals surface area (Å²) in [6.07, 6.45) is -2.92. The topological polar surface area (TPSA) is 54.0 Å². The van der Waals surface area contributed by atoms with Crippen molar-refractivity contribution in [1.29, 1.82) is 0 Å². The minimum absolute atomic E-state index is 0.188. The van der Waals surface area contributed by atoms with Gasteiger partial charge in [-0.3, -0.25) is 9.78 Å². The summed E-state index contributed by atoms with van der Waals surface area (Å²) in [5.41, 5.74) is 2.15. The lowest BCUT2D eigenvalue weighted by atomic mass is 10.2. The largest absolute Gasteiger partial charge is 0.416 e. The fourth-order valence-corrected chi connectivity index (χ4v) is 2.46. The molecule has 27 heavy (non-hydrogen) atoms. The third-order valence-electron chi connectivity index (χ3n) is 3.77. The number of nitrogens with one attached hydrogen (secondary N) is 2. The summed E-state index contributed by atoms with van der Waals surface area (Å²) in [5.74, 6) is -0.378. The monoisotopic (exact) mass is 371 g/mol. The van der Waals surface area contributed by atoms with Gasteiger partial charge in [0.25, 0.3) is 5.91 Å². The third-order valence-corrected chi connectivity index (χ3v) is 3.77. The van der Waals surface area contributed by atoms with Crippen molar-refractivity contribution < 1.29 is 18.0 Å². The van der Waals surface area contributed by atoms with E-state index in [9.17, 15) is 18.0 Å². The summed E-state index contributed by atoms with van der Waals surface area (Å²) < 4.78 is 37.9. The Balaban J connectivity index is 1.72. The fraction of sp³-hybridized carbons (Fsp3) is 0.100. The van der Waals surface area contributed by atoms with Crippen molar-refractivity contribution in [3.63, 3.8) is 0 Å². The van der Waals surface area contributed by atoms with Gasteiger partial charge in [0.05, 0.1) is 5.56 Å². The van der Waals surface area contributed by atoms with Gasteiger partial charge < -0.3 is 10.6 Å². The van der Waals surface area contributed by atoms with Crippen LogP contribution in [0.25, 0.3) is 0 Å². The SMILES string of the molecule is Cc1cccc(NC(=O)c2cc(Nc3ccc(C(F)(F)F)cc3)ccn2)c1. The number of benzene rings is 2. The molecule has 0 aliphatic heterocycles. The Morgan fingerprint density at radius 2 is 1.67 bits per heavy atom. The zero-order valence-electron chi connectivity index (χ0n) is 14.3. The molecule has 0 bridgehead atoms. The van der Waals surface area contributed by atoms with Gasteiger partial charge in [-0.2, -0.15) is 13.2 Å². The molecular formula is C20H16F3N3O. The molecule has 0 spiro atoms. The third kappa shape index (κ3) is 4.84. The highest BCUT2D eigenvalue weighted by atomic mass is 19.4. The Kier molecular flexibility index (Phi) is 5.12. The van der Waals surface area contributed by atoms with Crippen molar-refractivity contribution in [2.75, 3.05) is 10.6 Å². The molecule has 7 heteroatoms. The fourth-order valence-electron chi connectivity index (χ4n) is 2.46. The zero-order chi connectivity index (χ0) is 19.4. The highest BCUT2D eigenvalue weighted by Gasteiger charge is 2.29. The summed E-state index contributed by atoms with van der Waals surface area (Å²) in [7, 11) is 0. The van der Waals surface area contributed by atoms with Crippen LogP contribution in [0.15, 0.2) is 66.9 Å². The Bertz CT molecular complexity index is 953. The summed E-state index contributed by atoms with van der Waals surface area (Å²) in [4.78, 5) is 16.4. The highest BCUT2D eigenvalue weighted by molar-refractivity contribution is 6.03. The maximum Gasteiger partial charge on any atom is 0.416 e. The molecule has 0 saturated carbocycles. The van der Waals surface area contributed by atoms with Gasteiger partial charge in [-0.15, -0.1) is 0 Å². The van der Waals surface area contributed by atoms with Gasteiger partial charge in [-0.1, -0.05) is 12.1 Å². The molecular weight excluding hydrogens is 355 g/mol. The summed E-state index contributed by atoms with van der Waals surface area (Å²) in [6.45, 7) is 1.92. The van der Waals surface area contributed by atoms with Crippen LogP contribution < -0.4 is 10.6 Å². The van der Waals surface area contributed by atoms with E-state index in [1.165, 1.54) is 24.4 Å². The Morgan fingerprint density at radius 1 is 0.926 bits per heavy atom. The van der Waals surface area contributed by atoms with Crippen LogP contribution in [0.5, 0.6) is 0 Å². The molecule has 0 aliphatic rings. The van der Waals surface area contributed by atoms with E-state index in [1.807, 2.05) is 25.1 Å². The Labute approximate surface area is 154 Å². The molecule has 138 valence electrons. The van der Waals surface area contributed by atoms with E-state index in [2.05, 4.69) is 15.6 Å². The number of nitrogens with zero attached hydrogens (tertiary/aromatic N) is 1. The van der Waals surface area contributed by atoms with Gasteiger partial charge in [0.15, 0.2) is 0 Å². The van der Waals surface area contributed by atoms with Crippen molar-refractivity contribution in [2.24, 2.45) is 0 Å². The maximum absolute atomic E-state index is 12.6. The molecule has 1 aromatic heterocycles. The van der Waals surface area contributed by atoms with Crippen LogP contribution in [0, 0.1) is 6.92 Å². The second-order valence-electron chi connectivity index (χ2n) is 5.95. The van der Waals surface area contributed by atoms with Crippen LogP contribution in [0.1, 0.15) is 21.6 Å². The van der Waals surface area contributed by atoms with Gasteiger partial charge in [0.2, 0.25) is 0 Å². The number of alkyl halides is 3. The normalized spacial score (nSPS) is 11.1. The molecule has 3 aromatic rings. The molecule has 0 atom stereocenters. The van der Waals surface area contributed by atoms with Crippen molar-refractivity contribution >= 4 is 23.0 Å². The lowest BCUT2D eigenvalue weighted by molar-refractivity contribution is -0.137. The van der Waals surface area contributed by atoms with Crippen molar-refractivity contribution in [2.45, 2.75) is 13.1 Å². The van der Waals surface area contributed by atoms with E-state index in [0.29, 0.717) is 17.1 Å². The first kappa shape index (κ1) is 18.4. The number of aryl methyl sites for hydroxylation is 1. The molecule has 4 nitrogen and oxygen atoms in total. The number of anilines is 3. The molecule has 3 rings (SSSR count). The molecule has 0 fully saturated rings. The van der Waals surface area contributed by atoms with Crippen LogP contribution in [0.3, 0.4) is 0 Å². The number of hydrogen-bond donors (Lipinski definition) is 2. The molecule has 0 radical (unpaired) electrons. The lowest BCUT2D eigenvalue weighted by Crippen LogP contribution is -2.13. The van der Waals surface area contributed by atoms with E-state index in [-0.39, 0.29) is 11.6 Å². The molecule has 2 N–H and O–H groups in total. The molecule has 0 unspecified atom stereocenters. The first-order valence-electron chi connectivity index (χ1n) is 8.09. The van der Waals surface area contributed by atoms with Crippen LogP contribution in [0.2, 0.25) is 0 Å². The quantitative estimate of drug-likeness (QED) is 0.645. The number of carbonyl (C=O) groups is 1. The molecule has 0 saturated heterocycles. The number of halogens is 3. The standard InChI is InChI=1S/C20H16F3N3O/c1-13-3-2-4-16(11-13)26-19(27)18-12-17(9-10-24-18)25-15-7-5-14(6-8-15)20(21,22)23/h2-12H,1H3,(H,24,25)(H,26,27). The molecule has 2 aromatic carbocycles. The Morgan fingerprint density at radius 3 is 2.33 bits per heavy atom. The average Bonchev–Trinajstić information content (AvgIpc) is 2.62. The van der Waals surface area contributed by atoms with E-state index in [1.54, 1.807) is 12.1 Å². The summed E-state index contributed by atoms with van der Waals surface area (Å²) in [5, 5.41) is 5.72. The van der Waals surface area contributed by atoms with Crippen LogP contribution >= 0.6 is 0 Å². The number of pyridine rings is 1. The minimum atomic E-state index is -4.38. The average molecular weight is 371 g/mol. The highest BCUT2D eigenvalue weighted by Crippen LogP contribution is 2.30. The van der Waals surface area contributed by atoms with E-state index in [0.717, 1.165) is 17.7 Å². The lowest BCUT2D eigenvalue weighted by Gasteiger charge is -2.10. The Hall–Kier alpha value is -3.35. The van der Waals surface area contributed by atoms with E-state index in [4.69, 9.17) is 0 Å². The predicted molar refractivity (Wildman–Crippen MR) is 98.1 cm³/mol. The number of aromatic nitrogens is 1. The van der Waals surface area contributed by atoms with Gasteiger partial charge in [-0.05, 0) is 61.0 Å². The smallest absolute Gasteiger partial charge is 0.355 e. The van der Waals surface area contributed by atoms with E-state index >= 15 is 0 Å². The van der Waals surface area contributed by atoms with Crippen molar-refractivity contribution in [3.05, 3.63) is 83.7 Å². The summed E-state index contributed by atoms with van der Waals surface area (Å²) in [6, 6.07) is 15.2. The number of carbonyl (C=O) groups excluding carboxylic acids is 1. The number of hydrogen-bond acceptors (Lipinski definition) is 3. The van der Waals surface area contributed by atoms with Crippen LogP contribution in [-0.2, 0) is 6.18 Å². The first-order chi connectivity index (χ1) is 12.8. The molecule has 0 aliphatic carbocycles. The number of amides is 1. The first-order valence-corrected chi connectivity index (χ1v) is 8.09. The maximum atomic E-state index is 12.6.